The molecule has 0 saturated heterocycles. The number of ether oxygens (including phenoxy) is 1. The smallest absolute Gasteiger partial charge is 0.466 e. The van der Waals surface area contributed by atoms with Crippen LogP contribution in [0, 0.1) is 20.2 Å². The molecule has 0 radical (unpaired) electrons. The quantitative estimate of drug-likeness (QED) is 0.347. The van der Waals surface area contributed by atoms with Gasteiger partial charge in [-0.15, -0.1) is 4.68 Å². The standard InChI is InChI=1S/C12H9N5O6/c1-23-11(18)5-3-8-2-4-9(10(6-8)16(19)20)15-7-13-12(14-15)17(21)22/h2-7H,1H3/b5-3-. The molecular weight excluding hydrogens is 310 g/mol. The van der Waals surface area contributed by atoms with Crippen molar-refractivity contribution in [1.82, 2.24) is 14.8 Å². The summed E-state index contributed by atoms with van der Waals surface area (Å²) in [5.74, 6) is -1.28. The van der Waals surface area contributed by atoms with Crippen molar-refractivity contribution >= 4 is 23.7 Å². The van der Waals surface area contributed by atoms with Gasteiger partial charge in [-0.25, -0.2) is 4.79 Å². The number of methoxy groups -OCH3 is 1. The number of esters is 1. The summed E-state index contributed by atoms with van der Waals surface area (Å²) in [6.45, 7) is 0. The number of hydrogen-bond donors (Lipinski definition) is 0. The summed E-state index contributed by atoms with van der Waals surface area (Å²) >= 11 is 0. The van der Waals surface area contributed by atoms with Crippen molar-refractivity contribution < 1.29 is 19.4 Å². The van der Waals surface area contributed by atoms with Crippen molar-refractivity contribution in [2.45, 2.75) is 0 Å². The van der Waals surface area contributed by atoms with Gasteiger partial charge in [-0.05, 0) is 22.6 Å². The molecule has 23 heavy (non-hydrogen) atoms. The Bertz CT molecular complexity index is 812. The minimum Gasteiger partial charge on any atom is -0.466 e. The number of nitro benzene ring substituents is 1. The Labute approximate surface area is 128 Å². The summed E-state index contributed by atoms with van der Waals surface area (Å²) in [6, 6.07) is 4.02. The number of aromatic nitrogens is 3. The average Bonchev–Trinajstić information content (AvgIpc) is 3.02. The molecule has 0 atom stereocenters. The monoisotopic (exact) mass is 319 g/mol. The molecule has 118 valence electrons. The predicted octanol–water partition coefficient (Wildman–Crippen LogP) is 1.27. The van der Waals surface area contributed by atoms with Gasteiger partial charge in [0.1, 0.15) is 0 Å². The van der Waals surface area contributed by atoms with Crippen LogP contribution in [0.4, 0.5) is 11.6 Å². The first-order valence-electron chi connectivity index (χ1n) is 6.03. The van der Waals surface area contributed by atoms with Crippen LogP contribution in [0.25, 0.3) is 11.8 Å². The Hall–Kier alpha value is -3.63. The first kappa shape index (κ1) is 15.8. The van der Waals surface area contributed by atoms with Crippen molar-refractivity contribution in [2.75, 3.05) is 7.11 Å². The molecule has 0 unspecified atom stereocenters. The van der Waals surface area contributed by atoms with Crippen LogP contribution in [0.15, 0.2) is 30.6 Å². The van der Waals surface area contributed by atoms with Crippen LogP contribution in [0.5, 0.6) is 0 Å². The van der Waals surface area contributed by atoms with E-state index in [2.05, 4.69) is 14.8 Å². The number of hydrogen-bond acceptors (Lipinski definition) is 8. The summed E-state index contributed by atoms with van der Waals surface area (Å²) in [5.41, 5.74) is 0.0306. The largest absolute Gasteiger partial charge is 0.491 e. The summed E-state index contributed by atoms with van der Waals surface area (Å²) in [5, 5.41) is 25.3. The Morgan fingerprint density at radius 1 is 1.30 bits per heavy atom. The Morgan fingerprint density at radius 3 is 2.61 bits per heavy atom. The first-order chi connectivity index (χ1) is 10.9. The molecule has 0 aliphatic heterocycles. The summed E-state index contributed by atoms with van der Waals surface area (Å²) < 4.78 is 5.36. The van der Waals surface area contributed by atoms with Gasteiger partial charge in [-0.2, -0.15) is 0 Å². The number of nitro groups is 2. The zero-order valence-corrected chi connectivity index (χ0v) is 11.6. The van der Waals surface area contributed by atoms with E-state index in [1.807, 2.05) is 0 Å². The lowest BCUT2D eigenvalue weighted by atomic mass is 10.1. The van der Waals surface area contributed by atoms with Crippen molar-refractivity contribution in [2.24, 2.45) is 0 Å². The van der Waals surface area contributed by atoms with Crippen LogP contribution in [0.1, 0.15) is 5.56 Å². The number of nitrogens with zero attached hydrogens (tertiary/aromatic N) is 5. The van der Waals surface area contributed by atoms with Gasteiger partial charge in [0.25, 0.3) is 5.69 Å². The second-order valence-electron chi connectivity index (χ2n) is 4.11. The maximum atomic E-state index is 11.2. The molecule has 0 aliphatic carbocycles. The van der Waals surface area contributed by atoms with E-state index in [0.717, 1.165) is 17.1 Å². The fourth-order valence-electron chi connectivity index (χ4n) is 1.67. The predicted molar refractivity (Wildman–Crippen MR) is 75.7 cm³/mol. The molecule has 0 aliphatic rings. The molecule has 0 fully saturated rings. The summed E-state index contributed by atoms with van der Waals surface area (Å²) in [4.78, 5) is 34.7. The zero-order valence-electron chi connectivity index (χ0n) is 11.6. The molecule has 0 N–H and O–H groups in total. The highest BCUT2D eigenvalue weighted by atomic mass is 16.6. The summed E-state index contributed by atoms with van der Waals surface area (Å²) in [7, 11) is 1.20. The number of rotatable bonds is 5. The topological polar surface area (TPSA) is 143 Å². The van der Waals surface area contributed by atoms with Gasteiger partial charge >= 0.3 is 11.9 Å². The van der Waals surface area contributed by atoms with E-state index in [9.17, 15) is 25.0 Å². The van der Waals surface area contributed by atoms with E-state index in [0.29, 0.717) is 5.56 Å². The van der Waals surface area contributed by atoms with E-state index in [4.69, 9.17) is 0 Å². The lowest BCUT2D eigenvalue weighted by Gasteiger charge is -2.01. The van der Waals surface area contributed by atoms with Gasteiger partial charge in [0, 0.05) is 17.2 Å². The molecule has 11 heteroatoms. The lowest BCUT2D eigenvalue weighted by molar-refractivity contribution is -0.394. The molecule has 0 bridgehead atoms. The van der Waals surface area contributed by atoms with Crippen LogP contribution in [0.3, 0.4) is 0 Å². The van der Waals surface area contributed by atoms with Crippen molar-refractivity contribution in [3.63, 3.8) is 0 Å². The third-order valence-electron chi connectivity index (χ3n) is 2.70. The maximum absolute atomic E-state index is 11.2. The summed E-state index contributed by atoms with van der Waals surface area (Å²) in [6.07, 6.45) is 3.45. The Morgan fingerprint density at radius 2 is 2.04 bits per heavy atom. The first-order valence-corrected chi connectivity index (χ1v) is 6.03. The molecule has 2 rings (SSSR count). The van der Waals surface area contributed by atoms with E-state index < -0.39 is 21.8 Å². The highest BCUT2D eigenvalue weighted by Crippen LogP contribution is 2.24. The molecule has 0 spiro atoms. The average molecular weight is 319 g/mol. The zero-order chi connectivity index (χ0) is 17.0. The molecule has 11 nitrogen and oxygen atoms in total. The van der Waals surface area contributed by atoms with E-state index in [1.54, 1.807) is 0 Å². The van der Waals surface area contributed by atoms with Crippen LogP contribution in [0.2, 0.25) is 0 Å². The molecule has 2 aromatic rings. The van der Waals surface area contributed by atoms with Crippen LogP contribution in [-0.2, 0) is 9.53 Å². The second kappa shape index (κ2) is 6.43. The van der Waals surface area contributed by atoms with Gasteiger partial charge in [-0.3, -0.25) is 10.1 Å². The molecule has 0 amide bonds. The molecule has 1 aromatic carbocycles. The molecule has 1 heterocycles. The van der Waals surface area contributed by atoms with E-state index in [1.165, 1.54) is 31.4 Å². The van der Waals surface area contributed by atoms with Gasteiger partial charge in [0.2, 0.25) is 6.33 Å². The van der Waals surface area contributed by atoms with Gasteiger partial charge in [-0.1, -0.05) is 11.1 Å². The minimum absolute atomic E-state index is 0.00539. The second-order valence-corrected chi connectivity index (χ2v) is 4.11. The van der Waals surface area contributed by atoms with Gasteiger partial charge < -0.3 is 14.9 Å². The van der Waals surface area contributed by atoms with Gasteiger partial charge in [0.05, 0.1) is 12.0 Å². The van der Waals surface area contributed by atoms with Crippen LogP contribution in [-0.4, -0.2) is 37.7 Å². The van der Waals surface area contributed by atoms with Crippen molar-refractivity contribution in [1.29, 1.82) is 0 Å². The van der Waals surface area contributed by atoms with Crippen LogP contribution < -0.4 is 0 Å². The Kier molecular flexibility index (Phi) is 4.40. The molecular formula is C12H9N5O6. The lowest BCUT2D eigenvalue weighted by Crippen LogP contribution is -2.02. The fraction of sp³-hybridized carbons (Fsp3) is 0.0833. The fourth-order valence-corrected chi connectivity index (χ4v) is 1.67. The van der Waals surface area contributed by atoms with Gasteiger partial charge in [0.15, 0.2) is 5.69 Å². The van der Waals surface area contributed by atoms with Crippen LogP contribution >= 0.6 is 0 Å². The normalized spacial score (nSPS) is 10.7. The molecule has 0 saturated carbocycles. The number of benzene rings is 1. The highest BCUT2D eigenvalue weighted by molar-refractivity contribution is 5.87. The van der Waals surface area contributed by atoms with E-state index in [-0.39, 0.29) is 11.4 Å². The third-order valence-corrected chi connectivity index (χ3v) is 2.70. The highest BCUT2D eigenvalue weighted by Gasteiger charge is 2.22. The minimum atomic E-state index is -0.810. The van der Waals surface area contributed by atoms with Crippen molar-refractivity contribution in [3.8, 4) is 5.69 Å². The van der Waals surface area contributed by atoms with E-state index >= 15 is 0 Å². The number of carbonyl (C=O) groups excluding carboxylic acids is 1. The maximum Gasteiger partial charge on any atom is 0.491 e. The number of carbonyl (C=O) groups is 1. The van der Waals surface area contributed by atoms with Crippen molar-refractivity contribution in [3.05, 3.63) is 56.4 Å². The Balaban J connectivity index is 2.44. The third kappa shape index (κ3) is 3.53. The SMILES string of the molecule is COC(=O)/C=C\c1ccc(-n2cnc([N+](=O)[O-])n2)c([N+](=O)[O-])c1. The molecule has 1 aromatic heterocycles.